The number of hydrazine groups is 1. The summed E-state index contributed by atoms with van der Waals surface area (Å²) in [7, 11) is 1.92. The van der Waals surface area contributed by atoms with Crippen molar-refractivity contribution in [3.63, 3.8) is 0 Å². The van der Waals surface area contributed by atoms with E-state index < -0.39 is 0 Å². The van der Waals surface area contributed by atoms with E-state index in [4.69, 9.17) is 5.84 Å². The maximum Gasteiger partial charge on any atom is 0.250 e. The second-order valence-electron chi connectivity index (χ2n) is 4.66. The lowest BCUT2D eigenvalue weighted by Crippen LogP contribution is -2.47. The van der Waals surface area contributed by atoms with Gasteiger partial charge in [0.25, 0.3) is 5.91 Å². The summed E-state index contributed by atoms with van der Waals surface area (Å²) in [6.07, 6.45) is 0. The van der Waals surface area contributed by atoms with Gasteiger partial charge in [-0.15, -0.1) is 0 Å². The minimum atomic E-state index is -0.177. The van der Waals surface area contributed by atoms with Crippen molar-refractivity contribution in [2.24, 2.45) is 11.3 Å². The number of hydrogen-bond acceptors (Lipinski definition) is 3. The van der Waals surface area contributed by atoms with Crippen molar-refractivity contribution in [1.82, 2.24) is 10.3 Å². The number of nitrogens with two attached hydrogens (primary N) is 1. The largest absolute Gasteiger partial charge is 0.295 e. The molecular weight excluding hydrogens is 166 g/mol. The van der Waals surface area contributed by atoms with Gasteiger partial charge >= 0.3 is 0 Å². The molecule has 0 aromatic carbocycles. The summed E-state index contributed by atoms with van der Waals surface area (Å²) < 4.78 is 0. The molecule has 4 nitrogen and oxygen atoms in total. The van der Waals surface area contributed by atoms with Gasteiger partial charge in [-0.1, -0.05) is 20.8 Å². The zero-order valence-electron chi connectivity index (χ0n) is 9.22. The van der Waals surface area contributed by atoms with Gasteiger partial charge in [-0.05, 0) is 19.4 Å². The van der Waals surface area contributed by atoms with Crippen molar-refractivity contribution in [3.8, 4) is 0 Å². The molecule has 0 radical (unpaired) electrons. The van der Waals surface area contributed by atoms with Crippen LogP contribution in [0.25, 0.3) is 0 Å². The molecule has 3 N–H and O–H groups in total. The summed E-state index contributed by atoms with van der Waals surface area (Å²) in [5, 5.41) is 0. The number of rotatable bonds is 3. The average Bonchev–Trinajstić information content (AvgIpc) is 1.98. The van der Waals surface area contributed by atoms with E-state index in [-0.39, 0.29) is 17.4 Å². The topological polar surface area (TPSA) is 58.4 Å². The molecule has 0 aliphatic carbocycles. The summed E-state index contributed by atoms with van der Waals surface area (Å²) >= 11 is 0. The quantitative estimate of drug-likeness (QED) is 0.380. The number of likely N-dealkylation sites (N-methyl/N-ethyl adjacent to an activating group) is 1. The van der Waals surface area contributed by atoms with Crippen LogP contribution in [0.3, 0.4) is 0 Å². The van der Waals surface area contributed by atoms with Gasteiger partial charge in [0.1, 0.15) is 0 Å². The van der Waals surface area contributed by atoms with Crippen LogP contribution in [0, 0.1) is 5.41 Å². The van der Waals surface area contributed by atoms with E-state index >= 15 is 0 Å². The molecule has 0 heterocycles. The molecule has 1 amide bonds. The summed E-state index contributed by atoms with van der Waals surface area (Å²) in [5.74, 6) is 4.90. The molecule has 0 aromatic heterocycles. The molecule has 1 unspecified atom stereocenters. The molecule has 0 spiro atoms. The maximum atomic E-state index is 11.2. The van der Waals surface area contributed by atoms with Gasteiger partial charge in [0.2, 0.25) is 0 Å². The van der Waals surface area contributed by atoms with Crippen molar-refractivity contribution in [2.45, 2.75) is 33.7 Å². The second-order valence-corrected chi connectivity index (χ2v) is 4.66. The second kappa shape index (κ2) is 4.58. The number of hydrogen-bond donors (Lipinski definition) is 2. The van der Waals surface area contributed by atoms with Crippen LogP contribution in [0.5, 0.6) is 0 Å². The molecule has 0 fully saturated rings. The van der Waals surface area contributed by atoms with Crippen LogP contribution in [0.2, 0.25) is 0 Å². The standard InChI is InChI=1S/C9H21N3O/c1-7(8(13)11-10)12(5)6-9(2,3)4/h7H,6,10H2,1-5H3,(H,11,13). The molecule has 0 saturated carbocycles. The monoisotopic (exact) mass is 187 g/mol. The summed E-state index contributed by atoms with van der Waals surface area (Å²) in [4.78, 5) is 13.1. The Morgan fingerprint density at radius 3 is 2.31 bits per heavy atom. The Balaban J connectivity index is 4.11. The average molecular weight is 187 g/mol. The number of carbonyl (C=O) groups excluding carboxylic acids is 1. The smallest absolute Gasteiger partial charge is 0.250 e. The van der Waals surface area contributed by atoms with Gasteiger partial charge < -0.3 is 0 Å². The first kappa shape index (κ1) is 12.4. The van der Waals surface area contributed by atoms with Gasteiger partial charge in [-0.2, -0.15) is 0 Å². The molecule has 0 saturated heterocycles. The third kappa shape index (κ3) is 4.85. The van der Waals surface area contributed by atoms with E-state index in [1.807, 2.05) is 18.9 Å². The fourth-order valence-electron chi connectivity index (χ4n) is 1.21. The van der Waals surface area contributed by atoms with Gasteiger partial charge in [-0.25, -0.2) is 5.84 Å². The molecule has 0 rings (SSSR count). The molecule has 13 heavy (non-hydrogen) atoms. The summed E-state index contributed by atoms with van der Waals surface area (Å²) in [5.41, 5.74) is 2.34. The first-order valence-electron chi connectivity index (χ1n) is 4.48. The lowest BCUT2D eigenvalue weighted by atomic mass is 9.95. The summed E-state index contributed by atoms with van der Waals surface area (Å²) in [6.45, 7) is 9.11. The fraction of sp³-hybridized carbons (Fsp3) is 0.889. The van der Waals surface area contributed by atoms with E-state index in [0.717, 1.165) is 6.54 Å². The number of amides is 1. The molecule has 0 aliphatic heterocycles. The highest BCUT2D eigenvalue weighted by atomic mass is 16.2. The number of nitrogens with zero attached hydrogens (tertiary/aromatic N) is 1. The van der Waals surface area contributed by atoms with Crippen LogP contribution in [-0.2, 0) is 4.79 Å². The zero-order chi connectivity index (χ0) is 10.6. The Morgan fingerprint density at radius 1 is 1.54 bits per heavy atom. The van der Waals surface area contributed by atoms with Crippen LogP contribution < -0.4 is 11.3 Å². The summed E-state index contributed by atoms with van der Waals surface area (Å²) in [6, 6.07) is -0.177. The van der Waals surface area contributed by atoms with E-state index in [2.05, 4.69) is 26.2 Å². The highest BCUT2D eigenvalue weighted by molar-refractivity contribution is 5.80. The predicted octanol–water partition coefficient (Wildman–Crippen LogP) is 0.343. The Kier molecular flexibility index (Phi) is 4.36. The van der Waals surface area contributed by atoms with Crippen molar-refractivity contribution in [3.05, 3.63) is 0 Å². The third-order valence-corrected chi connectivity index (χ3v) is 1.91. The highest BCUT2D eigenvalue weighted by Crippen LogP contribution is 2.15. The minimum absolute atomic E-state index is 0.147. The fourth-order valence-corrected chi connectivity index (χ4v) is 1.21. The normalized spacial score (nSPS) is 14.4. The van der Waals surface area contributed by atoms with Gasteiger partial charge in [0, 0.05) is 6.54 Å². The molecule has 0 aromatic rings. The van der Waals surface area contributed by atoms with Crippen molar-refractivity contribution in [1.29, 1.82) is 0 Å². The Hall–Kier alpha value is -0.610. The van der Waals surface area contributed by atoms with Crippen LogP contribution in [0.4, 0.5) is 0 Å². The van der Waals surface area contributed by atoms with Crippen molar-refractivity contribution >= 4 is 5.91 Å². The van der Waals surface area contributed by atoms with Gasteiger partial charge in [0.15, 0.2) is 0 Å². The van der Waals surface area contributed by atoms with E-state index in [9.17, 15) is 4.79 Å². The predicted molar refractivity (Wildman–Crippen MR) is 53.9 cm³/mol. The Morgan fingerprint density at radius 2 is 2.00 bits per heavy atom. The number of carbonyl (C=O) groups is 1. The molecule has 0 aliphatic rings. The van der Waals surface area contributed by atoms with Crippen LogP contribution in [-0.4, -0.2) is 30.4 Å². The molecular formula is C9H21N3O. The van der Waals surface area contributed by atoms with Crippen LogP contribution in [0.15, 0.2) is 0 Å². The van der Waals surface area contributed by atoms with Crippen molar-refractivity contribution < 1.29 is 4.79 Å². The molecule has 78 valence electrons. The SMILES string of the molecule is CC(C(=O)NN)N(C)CC(C)(C)C. The lowest BCUT2D eigenvalue weighted by molar-refractivity contribution is -0.125. The molecule has 1 atom stereocenters. The molecule has 0 bridgehead atoms. The first-order chi connectivity index (χ1) is 5.78. The third-order valence-electron chi connectivity index (χ3n) is 1.91. The van der Waals surface area contributed by atoms with E-state index in [1.165, 1.54) is 0 Å². The van der Waals surface area contributed by atoms with E-state index in [0.29, 0.717) is 0 Å². The molecule has 4 heteroatoms. The lowest BCUT2D eigenvalue weighted by Gasteiger charge is -2.30. The van der Waals surface area contributed by atoms with Crippen LogP contribution in [0.1, 0.15) is 27.7 Å². The van der Waals surface area contributed by atoms with Gasteiger partial charge in [0.05, 0.1) is 6.04 Å². The minimum Gasteiger partial charge on any atom is -0.295 e. The van der Waals surface area contributed by atoms with E-state index in [1.54, 1.807) is 0 Å². The Labute approximate surface area is 80.4 Å². The first-order valence-corrected chi connectivity index (χ1v) is 4.48. The van der Waals surface area contributed by atoms with Gasteiger partial charge in [-0.3, -0.25) is 15.1 Å². The maximum absolute atomic E-state index is 11.2. The van der Waals surface area contributed by atoms with Crippen LogP contribution >= 0.6 is 0 Å². The highest BCUT2D eigenvalue weighted by Gasteiger charge is 2.21. The zero-order valence-corrected chi connectivity index (χ0v) is 9.22. The number of nitrogens with one attached hydrogen (secondary N) is 1. The van der Waals surface area contributed by atoms with Crippen molar-refractivity contribution in [2.75, 3.05) is 13.6 Å². The Bertz CT molecular complexity index is 174.